The molecule has 1 heterocycles. The van der Waals surface area contributed by atoms with Gasteiger partial charge in [0.05, 0.1) is 25.4 Å². The number of nitrogens with one attached hydrogen (secondary N) is 1. The molecule has 11 nitrogen and oxygen atoms in total. The first-order valence-electron chi connectivity index (χ1n) is 15.9. The number of amides is 1. The van der Waals surface area contributed by atoms with E-state index in [2.05, 4.69) is 19.2 Å². The molecule has 1 amide bonds. The average molecular weight is 594 g/mol. The van der Waals surface area contributed by atoms with E-state index in [1.54, 1.807) is 0 Å². The molecule has 9 unspecified atom stereocenters. The van der Waals surface area contributed by atoms with Crippen LogP contribution in [0.4, 0.5) is 0 Å². The number of aliphatic hydroxyl groups excluding tert-OH is 7. The minimum absolute atomic E-state index is 0.262. The van der Waals surface area contributed by atoms with E-state index in [-0.39, 0.29) is 6.42 Å². The summed E-state index contributed by atoms with van der Waals surface area (Å²) in [6.45, 7) is 3.21. The summed E-state index contributed by atoms with van der Waals surface area (Å²) < 4.78 is 10.9. The van der Waals surface area contributed by atoms with Crippen LogP contribution < -0.4 is 5.32 Å². The molecule has 0 spiro atoms. The first kappa shape index (κ1) is 38.1. The summed E-state index contributed by atoms with van der Waals surface area (Å²) in [5.41, 5.74) is 0. The van der Waals surface area contributed by atoms with Gasteiger partial charge in [-0.3, -0.25) is 4.79 Å². The normalized spacial score (nSPS) is 25.9. The van der Waals surface area contributed by atoms with Crippen molar-refractivity contribution in [3.63, 3.8) is 0 Å². The summed E-state index contributed by atoms with van der Waals surface area (Å²) in [6, 6.07) is -1.15. The Morgan fingerprint density at radius 2 is 1.27 bits per heavy atom. The van der Waals surface area contributed by atoms with Crippen molar-refractivity contribution in [2.75, 3.05) is 13.2 Å². The fourth-order valence-corrected chi connectivity index (χ4v) is 5.08. The van der Waals surface area contributed by atoms with E-state index < -0.39 is 74.2 Å². The number of hydrogen-bond acceptors (Lipinski definition) is 10. The van der Waals surface area contributed by atoms with Gasteiger partial charge in [-0.1, -0.05) is 104 Å². The van der Waals surface area contributed by atoms with E-state index in [1.165, 1.54) is 38.5 Å². The first-order valence-corrected chi connectivity index (χ1v) is 15.9. The second-order valence-electron chi connectivity index (χ2n) is 11.5. The third-order valence-corrected chi connectivity index (χ3v) is 7.91. The SMILES string of the molecule is CCCCCCCCCCCCC(O)C(=O)NC(COC1OC(CO)C(O)C(O)C1O)C(O)C(O)CCCCCC. The molecule has 1 aliphatic rings. The molecule has 0 bridgehead atoms. The van der Waals surface area contributed by atoms with Crippen LogP contribution in [0.5, 0.6) is 0 Å². The molecule has 0 saturated carbocycles. The highest BCUT2D eigenvalue weighted by atomic mass is 16.7. The second kappa shape index (κ2) is 22.6. The van der Waals surface area contributed by atoms with Crippen LogP contribution in [0.1, 0.15) is 117 Å². The van der Waals surface area contributed by atoms with Crippen LogP contribution in [0.2, 0.25) is 0 Å². The van der Waals surface area contributed by atoms with Crippen molar-refractivity contribution in [1.82, 2.24) is 5.32 Å². The standard InChI is InChI=1S/C30H59NO10/c1-3-5-7-9-10-11-12-13-14-16-18-23(34)29(39)31-21(25(35)22(33)17-15-8-6-4-2)20-40-30-28(38)27(37)26(36)24(19-32)41-30/h21-28,30,32-38H,3-20H2,1-2H3,(H,31,39). The minimum Gasteiger partial charge on any atom is -0.394 e. The number of carbonyl (C=O) groups excluding carboxylic acids is 1. The zero-order valence-electron chi connectivity index (χ0n) is 25.3. The van der Waals surface area contributed by atoms with E-state index >= 15 is 0 Å². The van der Waals surface area contributed by atoms with Crippen molar-refractivity contribution in [2.45, 2.75) is 172 Å². The Balaban J connectivity index is 2.62. The van der Waals surface area contributed by atoms with Crippen molar-refractivity contribution in [3.05, 3.63) is 0 Å². The lowest BCUT2D eigenvalue weighted by Crippen LogP contribution is -2.60. The Bertz CT molecular complexity index is 655. The Kier molecular flexibility index (Phi) is 21.0. The highest BCUT2D eigenvalue weighted by molar-refractivity contribution is 5.80. The van der Waals surface area contributed by atoms with Crippen LogP contribution in [0.15, 0.2) is 0 Å². The lowest BCUT2D eigenvalue weighted by molar-refractivity contribution is -0.303. The summed E-state index contributed by atoms with van der Waals surface area (Å²) in [5.74, 6) is -0.708. The van der Waals surface area contributed by atoms with Crippen LogP contribution in [-0.2, 0) is 14.3 Å². The van der Waals surface area contributed by atoms with Gasteiger partial charge in [0, 0.05) is 0 Å². The molecule has 41 heavy (non-hydrogen) atoms. The van der Waals surface area contributed by atoms with Gasteiger partial charge in [0.2, 0.25) is 5.91 Å². The second-order valence-corrected chi connectivity index (χ2v) is 11.5. The fourth-order valence-electron chi connectivity index (χ4n) is 5.08. The summed E-state index contributed by atoms with van der Waals surface area (Å²) in [4.78, 5) is 12.8. The maximum Gasteiger partial charge on any atom is 0.249 e. The minimum atomic E-state index is -1.65. The molecular formula is C30H59NO10. The predicted molar refractivity (Wildman–Crippen MR) is 155 cm³/mol. The van der Waals surface area contributed by atoms with Gasteiger partial charge in [0.25, 0.3) is 0 Å². The zero-order chi connectivity index (χ0) is 30.6. The molecule has 1 aliphatic heterocycles. The van der Waals surface area contributed by atoms with Crippen LogP contribution in [-0.4, -0.2) is 110 Å². The summed E-state index contributed by atoms with van der Waals surface area (Å²) in [6.07, 6.45) is 4.03. The van der Waals surface area contributed by atoms with E-state index in [0.29, 0.717) is 19.3 Å². The molecule has 0 radical (unpaired) electrons. The van der Waals surface area contributed by atoms with Gasteiger partial charge >= 0.3 is 0 Å². The third kappa shape index (κ3) is 14.9. The van der Waals surface area contributed by atoms with Gasteiger partial charge in [0.15, 0.2) is 6.29 Å². The third-order valence-electron chi connectivity index (χ3n) is 7.91. The van der Waals surface area contributed by atoms with Crippen molar-refractivity contribution in [3.8, 4) is 0 Å². The van der Waals surface area contributed by atoms with Crippen LogP contribution in [0.25, 0.3) is 0 Å². The smallest absolute Gasteiger partial charge is 0.249 e. The molecule has 244 valence electrons. The maximum atomic E-state index is 12.8. The molecule has 0 aliphatic carbocycles. The molecule has 0 aromatic carbocycles. The summed E-state index contributed by atoms with van der Waals surface area (Å²) in [5, 5.41) is 74.1. The van der Waals surface area contributed by atoms with E-state index in [9.17, 15) is 40.5 Å². The summed E-state index contributed by atoms with van der Waals surface area (Å²) in [7, 11) is 0. The number of carbonyl (C=O) groups is 1. The number of hydrogen-bond donors (Lipinski definition) is 8. The maximum absolute atomic E-state index is 12.8. The molecule has 9 atom stereocenters. The topological polar surface area (TPSA) is 189 Å². The largest absolute Gasteiger partial charge is 0.394 e. The van der Waals surface area contributed by atoms with Gasteiger partial charge in [-0.25, -0.2) is 0 Å². The van der Waals surface area contributed by atoms with E-state index in [4.69, 9.17) is 9.47 Å². The number of unbranched alkanes of at least 4 members (excludes halogenated alkanes) is 12. The Morgan fingerprint density at radius 1 is 0.756 bits per heavy atom. The van der Waals surface area contributed by atoms with Crippen LogP contribution >= 0.6 is 0 Å². The van der Waals surface area contributed by atoms with Gasteiger partial charge in [-0.15, -0.1) is 0 Å². The molecule has 1 saturated heterocycles. The van der Waals surface area contributed by atoms with Gasteiger partial charge < -0.3 is 50.5 Å². The molecule has 0 aromatic heterocycles. The fraction of sp³-hybridized carbons (Fsp3) is 0.967. The number of rotatable bonds is 24. The van der Waals surface area contributed by atoms with Crippen LogP contribution in [0, 0.1) is 0 Å². The van der Waals surface area contributed by atoms with Crippen molar-refractivity contribution in [1.29, 1.82) is 0 Å². The Labute approximate surface area is 246 Å². The molecule has 0 aromatic rings. The van der Waals surface area contributed by atoms with Gasteiger partial charge in [0.1, 0.15) is 36.6 Å². The lowest BCUT2D eigenvalue weighted by Gasteiger charge is -2.40. The van der Waals surface area contributed by atoms with E-state index in [1.807, 2.05) is 0 Å². The molecule has 8 N–H and O–H groups in total. The van der Waals surface area contributed by atoms with Crippen molar-refractivity contribution < 1.29 is 50.0 Å². The predicted octanol–water partition coefficient (Wildman–Crippen LogP) is 1.65. The average Bonchev–Trinajstić information content (AvgIpc) is 2.97. The molecular weight excluding hydrogens is 534 g/mol. The summed E-state index contributed by atoms with van der Waals surface area (Å²) >= 11 is 0. The lowest BCUT2D eigenvalue weighted by atomic mass is 9.98. The highest BCUT2D eigenvalue weighted by Gasteiger charge is 2.44. The molecule has 1 rings (SSSR count). The number of aliphatic hydroxyl groups is 7. The quantitative estimate of drug-likeness (QED) is 0.0764. The Hall–Kier alpha value is -0.890. The van der Waals surface area contributed by atoms with Crippen LogP contribution in [0.3, 0.4) is 0 Å². The molecule has 11 heteroatoms. The Morgan fingerprint density at radius 3 is 1.83 bits per heavy atom. The van der Waals surface area contributed by atoms with E-state index in [0.717, 1.165) is 38.5 Å². The number of ether oxygens (including phenoxy) is 2. The van der Waals surface area contributed by atoms with Crippen molar-refractivity contribution >= 4 is 5.91 Å². The first-order chi connectivity index (χ1) is 19.7. The highest BCUT2D eigenvalue weighted by Crippen LogP contribution is 2.23. The van der Waals surface area contributed by atoms with Gasteiger partial charge in [-0.05, 0) is 12.8 Å². The van der Waals surface area contributed by atoms with Gasteiger partial charge in [-0.2, -0.15) is 0 Å². The van der Waals surface area contributed by atoms with Crippen molar-refractivity contribution in [2.24, 2.45) is 0 Å². The zero-order valence-corrected chi connectivity index (χ0v) is 25.3. The molecule has 1 fully saturated rings. The monoisotopic (exact) mass is 593 g/mol.